The number of hydrogen-bond donors (Lipinski definition) is 3. The van der Waals surface area contributed by atoms with Crippen LogP contribution in [-0.4, -0.2) is 34.9 Å². The van der Waals surface area contributed by atoms with Crippen LogP contribution in [0.1, 0.15) is 77.7 Å². The summed E-state index contributed by atoms with van der Waals surface area (Å²) >= 11 is 0. The van der Waals surface area contributed by atoms with Gasteiger partial charge in [-0.2, -0.15) is 0 Å². The van der Waals surface area contributed by atoms with Crippen LogP contribution in [0.25, 0.3) is 0 Å². The van der Waals surface area contributed by atoms with E-state index in [4.69, 9.17) is 4.52 Å². The van der Waals surface area contributed by atoms with Crippen LogP contribution in [0, 0.1) is 0 Å². The Kier molecular flexibility index (Phi) is 8.82. The number of guanidine groups is 1. The zero-order chi connectivity index (χ0) is 18.0. The fourth-order valence-corrected chi connectivity index (χ4v) is 2.66. The minimum absolute atomic E-state index is 0.343. The second-order valence-corrected chi connectivity index (χ2v) is 6.65. The maximum absolute atomic E-state index is 10.7. The molecule has 0 aliphatic carbocycles. The van der Waals surface area contributed by atoms with Crippen molar-refractivity contribution in [3.63, 3.8) is 0 Å². The van der Waals surface area contributed by atoms with Crippen molar-refractivity contribution in [1.82, 2.24) is 15.8 Å². The number of rotatable bonds is 10. The summed E-state index contributed by atoms with van der Waals surface area (Å²) in [4.78, 5) is 4.53. The van der Waals surface area contributed by atoms with Gasteiger partial charge in [0.2, 0.25) is 0 Å². The highest BCUT2D eigenvalue weighted by Crippen LogP contribution is 2.18. The lowest BCUT2D eigenvalue weighted by atomic mass is 9.93. The summed E-state index contributed by atoms with van der Waals surface area (Å²) in [7, 11) is 0. The van der Waals surface area contributed by atoms with E-state index in [1.165, 1.54) is 0 Å². The molecule has 1 heterocycles. The molecule has 1 rings (SSSR count). The number of aliphatic hydroxyl groups is 1. The first kappa shape index (κ1) is 20.5. The molecular formula is C18H34N4O2. The Hall–Kier alpha value is -1.56. The van der Waals surface area contributed by atoms with Gasteiger partial charge in [-0.15, -0.1) is 0 Å². The summed E-state index contributed by atoms with van der Waals surface area (Å²) in [5.41, 5.74) is 0.259. The average molecular weight is 338 g/mol. The Labute approximate surface area is 146 Å². The zero-order valence-corrected chi connectivity index (χ0v) is 15.9. The molecule has 1 aromatic rings. The molecule has 0 aromatic carbocycles. The number of nitrogens with zero attached hydrogens (tertiary/aromatic N) is 2. The quantitative estimate of drug-likeness (QED) is 0.451. The van der Waals surface area contributed by atoms with E-state index < -0.39 is 5.60 Å². The van der Waals surface area contributed by atoms with Crippen LogP contribution in [0.15, 0.2) is 15.6 Å². The van der Waals surface area contributed by atoms with Gasteiger partial charge in [-0.3, -0.25) is 0 Å². The molecule has 0 fully saturated rings. The van der Waals surface area contributed by atoms with Gasteiger partial charge >= 0.3 is 0 Å². The van der Waals surface area contributed by atoms with Gasteiger partial charge in [0.15, 0.2) is 11.7 Å². The van der Waals surface area contributed by atoms with Crippen molar-refractivity contribution in [3.05, 3.63) is 17.5 Å². The lowest BCUT2D eigenvalue weighted by molar-refractivity contribution is 0.0257. The number of nitrogens with one attached hydrogen (secondary N) is 2. The van der Waals surface area contributed by atoms with Crippen LogP contribution in [0.3, 0.4) is 0 Å². The van der Waals surface area contributed by atoms with Crippen molar-refractivity contribution in [2.45, 2.75) is 78.4 Å². The minimum Gasteiger partial charge on any atom is -0.388 e. The van der Waals surface area contributed by atoms with Crippen LogP contribution < -0.4 is 10.6 Å². The molecule has 3 N–H and O–H groups in total. The van der Waals surface area contributed by atoms with Gasteiger partial charge in [0.25, 0.3) is 0 Å². The smallest absolute Gasteiger partial charge is 0.191 e. The molecular weight excluding hydrogens is 304 g/mol. The third-order valence-corrected chi connectivity index (χ3v) is 3.92. The number of aromatic nitrogens is 1. The maximum Gasteiger partial charge on any atom is 0.191 e. The third-order valence-electron chi connectivity index (χ3n) is 3.92. The Morgan fingerprint density at radius 1 is 1.25 bits per heavy atom. The molecule has 0 aliphatic rings. The largest absolute Gasteiger partial charge is 0.388 e. The second-order valence-electron chi connectivity index (χ2n) is 6.65. The Balaban J connectivity index is 2.67. The normalized spacial score (nSPS) is 12.7. The van der Waals surface area contributed by atoms with E-state index in [9.17, 15) is 5.11 Å². The summed E-state index contributed by atoms with van der Waals surface area (Å²) in [5, 5.41) is 21.2. The summed E-state index contributed by atoms with van der Waals surface area (Å²) in [6.45, 7) is 12.1. The first-order chi connectivity index (χ1) is 11.4. The lowest BCUT2D eigenvalue weighted by Crippen LogP contribution is -2.47. The molecule has 0 saturated carbocycles. The van der Waals surface area contributed by atoms with Gasteiger partial charge in [0.1, 0.15) is 6.54 Å². The van der Waals surface area contributed by atoms with Crippen LogP contribution in [0.4, 0.5) is 0 Å². The predicted octanol–water partition coefficient (Wildman–Crippen LogP) is 3.18. The lowest BCUT2D eigenvalue weighted by Gasteiger charge is -2.28. The highest BCUT2D eigenvalue weighted by molar-refractivity contribution is 5.79. The fourth-order valence-electron chi connectivity index (χ4n) is 2.66. The summed E-state index contributed by atoms with van der Waals surface area (Å²) in [6, 6.07) is 1.95. The van der Waals surface area contributed by atoms with Gasteiger partial charge in [-0.1, -0.05) is 45.7 Å². The Morgan fingerprint density at radius 2 is 1.92 bits per heavy atom. The summed E-state index contributed by atoms with van der Waals surface area (Å²) in [5.74, 6) is 1.77. The van der Waals surface area contributed by atoms with Crippen LogP contribution in [0.5, 0.6) is 0 Å². The Morgan fingerprint density at radius 3 is 2.42 bits per heavy atom. The molecule has 6 heteroatoms. The van der Waals surface area contributed by atoms with Gasteiger partial charge < -0.3 is 20.3 Å². The van der Waals surface area contributed by atoms with E-state index >= 15 is 0 Å². The van der Waals surface area contributed by atoms with Crippen molar-refractivity contribution < 1.29 is 9.63 Å². The molecule has 0 bridgehead atoms. The molecule has 0 atom stereocenters. The van der Waals surface area contributed by atoms with Crippen molar-refractivity contribution in [1.29, 1.82) is 0 Å². The van der Waals surface area contributed by atoms with Crippen molar-refractivity contribution in [2.24, 2.45) is 4.99 Å². The third kappa shape index (κ3) is 6.91. The predicted molar refractivity (Wildman–Crippen MR) is 98.2 cm³/mol. The van der Waals surface area contributed by atoms with E-state index in [0.29, 0.717) is 25.0 Å². The van der Waals surface area contributed by atoms with Crippen LogP contribution in [0.2, 0.25) is 0 Å². The van der Waals surface area contributed by atoms with E-state index in [1.807, 2.05) is 13.0 Å². The second kappa shape index (κ2) is 10.3. The van der Waals surface area contributed by atoms with Crippen molar-refractivity contribution >= 4 is 5.96 Å². The molecule has 0 radical (unpaired) electrons. The van der Waals surface area contributed by atoms with Crippen molar-refractivity contribution in [2.75, 3.05) is 13.1 Å². The number of aliphatic imine (C=N–C) groups is 1. The Bertz CT molecular complexity index is 491. The zero-order valence-electron chi connectivity index (χ0n) is 15.9. The molecule has 0 spiro atoms. The van der Waals surface area contributed by atoms with E-state index in [2.05, 4.69) is 48.5 Å². The fraction of sp³-hybridized carbons (Fsp3) is 0.778. The standard InChI is InChI=1S/C18H34N4O2/c1-6-9-18(23,10-7-2)13-21-17(19-8-3)20-12-15-11-16(14(4)5)22-24-15/h11,14,23H,6-10,12-13H2,1-5H3,(H2,19,20,21). The van der Waals surface area contributed by atoms with Gasteiger partial charge in [-0.25, -0.2) is 4.99 Å². The maximum atomic E-state index is 10.7. The van der Waals surface area contributed by atoms with Gasteiger partial charge in [-0.05, 0) is 25.7 Å². The topological polar surface area (TPSA) is 82.7 Å². The van der Waals surface area contributed by atoms with E-state index in [0.717, 1.165) is 43.7 Å². The molecule has 24 heavy (non-hydrogen) atoms. The molecule has 1 aromatic heterocycles. The molecule has 0 amide bonds. The molecule has 6 nitrogen and oxygen atoms in total. The highest BCUT2D eigenvalue weighted by Gasteiger charge is 2.24. The summed E-state index contributed by atoms with van der Waals surface area (Å²) in [6.07, 6.45) is 3.49. The van der Waals surface area contributed by atoms with Crippen molar-refractivity contribution in [3.8, 4) is 0 Å². The molecule has 0 aliphatic heterocycles. The van der Waals surface area contributed by atoms with E-state index in [-0.39, 0.29) is 0 Å². The van der Waals surface area contributed by atoms with Crippen LogP contribution in [-0.2, 0) is 6.54 Å². The van der Waals surface area contributed by atoms with E-state index in [1.54, 1.807) is 0 Å². The first-order valence-electron chi connectivity index (χ1n) is 9.14. The number of hydrogen-bond acceptors (Lipinski definition) is 4. The minimum atomic E-state index is -0.684. The van der Waals surface area contributed by atoms with Gasteiger partial charge in [0.05, 0.1) is 11.3 Å². The molecule has 0 unspecified atom stereocenters. The average Bonchev–Trinajstić information content (AvgIpc) is 3.00. The molecule has 138 valence electrons. The van der Waals surface area contributed by atoms with Gasteiger partial charge in [0, 0.05) is 19.2 Å². The monoisotopic (exact) mass is 338 g/mol. The highest BCUT2D eigenvalue weighted by atomic mass is 16.5. The summed E-state index contributed by atoms with van der Waals surface area (Å²) < 4.78 is 5.32. The SMILES string of the molecule is CCCC(O)(CCC)CNC(=NCc1cc(C(C)C)no1)NCC. The van der Waals surface area contributed by atoms with Crippen LogP contribution >= 0.6 is 0 Å². The first-order valence-corrected chi connectivity index (χ1v) is 9.14. The molecule has 0 saturated heterocycles.